The molecule has 0 saturated heterocycles. The molecule has 4 nitrogen and oxygen atoms in total. The average molecular weight is 367 g/mol. The lowest BCUT2D eigenvalue weighted by molar-refractivity contribution is 0.103. The molecule has 3 aromatic rings. The molecule has 0 saturated carbocycles. The Labute approximate surface area is 157 Å². The van der Waals surface area contributed by atoms with Crippen LogP contribution in [0.15, 0.2) is 60.0 Å². The van der Waals surface area contributed by atoms with E-state index in [1.165, 1.54) is 16.9 Å². The van der Waals surface area contributed by atoms with Gasteiger partial charge in [-0.25, -0.2) is 0 Å². The predicted molar refractivity (Wildman–Crippen MR) is 105 cm³/mol. The Kier molecular flexibility index (Phi) is 5.92. The second-order valence-electron chi connectivity index (χ2n) is 5.83. The first-order valence-electron chi connectivity index (χ1n) is 8.45. The van der Waals surface area contributed by atoms with Gasteiger partial charge in [-0.1, -0.05) is 17.7 Å². The summed E-state index contributed by atoms with van der Waals surface area (Å²) in [6.45, 7) is 5.04. The van der Waals surface area contributed by atoms with Crippen LogP contribution in [-0.2, 0) is 6.61 Å². The van der Waals surface area contributed by atoms with Crippen LogP contribution in [0.25, 0.3) is 0 Å². The summed E-state index contributed by atoms with van der Waals surface area (Å²) in [5, 5.41) is 4.84. The molecule has 1 aromatic heterocycles. The molecular weight excluding hydrogens is 346 g/mol. The van der Waals surface area contributed by atoms with E-state index in [2.05, 4.69) is 5.32 Å². The number of aryl methyl sites for hydroxylation is 1. The number of nitrogens with one attached hydrogen (secondary N) is 1. The van der Waals surface area contributed by atoms with Gasteiger partial charge < -0.3 is 14.8 Å². The number of benzene rings is 2. The minimum atomic E-state index is -0.124. The molecule has 0 aliphatic rings. The van der Waals surface area contributed by atoms with Crippen molar-refractivity contribution >= 4 is 22.9 Å². The van der Waals surface area contributed by atoms with Crippen LogP contribution in [-0.4, -0.2) is 12.5 Å². The van der Waals surface area contributed by atoms with Crippen molar-refractivity contribution in [1.29, 1.82) is 0 Å². The maximum Gasteiger partial charge on any atom is 0.265 e. The highest BCUT2D eigenvalue weighted by atomic mass is 32.1. The zero-order chi connectivity index (χ0) is 18.4. The van der Waals surface area contributed by atoms with E-state index in [9.17, 15) is 4.79 Å². The van der Waals surface area contributed by atoms with Gasteiger partial charge in [0.1, 0.15) is 18.1 Å². The Morgan fingerprint density at radius 2 is 1.65 bits per heavy atom. The fourth-order valence-corrected chi connectivity index (χ4v) is 3.16. The lowest BCUT2D eigenvalue weighted by Gasteiger charge is -2.06. The van der Waals surface area contributed by atoms with Crippen molar-refractivity contribution in [2.24, 2.45) is 0 Å². The van der Waals surface area contributed by atoms with Gasteiger partial charge in [0.2, 0.25) is 0 Å². The zero-order valence-electron chi connectivity index (χ0n) is 14.8. The Hall–Kier alpha value is -2.79. The van der Waals surface area contributed by atoms with Crippen molar-refractivity contribution in [3.8, 4) is 11.5 Å². The van der Waals surface area contributed by atoms with E-state index in [1.54, 1.807) is 0 Å². The molecule has 3 rings (SSSR count). The molecule has 5 heteroatoms. The van der Waals surface area contributed by atoms with Gasteiger partial charge in [-0.15, -0.1) is 11.3 Å². The molecular formula is C21H21NO3S. The topological polar surface area (TPSA) is 47.6 Å². The molecule has 1 heterocycles. The summed E-state index contributed by atoms with van der Waals surface area (Å²) in [5.74, 6) is 1.49. The number of hydrogen-bond acceptors (Lipinski definition) is 4. The summed E-state index contributed by atoms with van der Waals surface area (Å²) in [7, 11) is 0. The van der Waals surface area contributed by atoms with Gasteiger partial charge in [-0.3, -0.25) is 4.79 Å². The minimum Gasteiger partial charge on any atom is -0.494 e. The maximum atomic E-state index is 12.4. The lowest BCUT2D eigenvalue weighted by Crippen LogP contribution is -2.10. The fourth-order valence-electron chi connectivity index (χ4n) is 2.37. The highest BCUT2D eigenvalue weighted by Gasteiger charge is 2.10. The van der Waals surface area contributed by atoms with Crippen molar-refractivity contribution in [1.82, 2.24) is 0 Å². The Bertz CT molecular complexity index is 854. The second kappa shape index (κ2) is 8.54. The van der Waals surface area contributed by atoms with Gasteiger partial charge in [-0.05, 0) is 61.7 Å². The van der Waals surface area contributed by atoms with E-state index >= 15 is 0 Å². The molecule has 0 bridgehead atoms. The molecule has 0 aliphatic carbocycles. The Balaban J connectivity index is 1.56. The van der Waals surface area contributed by atoms with Gasteiger partial charge >= 0.3 is 0 Å². The summed E-state index contributed by atoms with van der Waals surface area (Å²) >= 11 is 1.41. The number of rotatable bonds is 7. The van der Waals surface area contributed by atoms with Crippen LogP contribution in [0.1, 0.15) is 27.7 Å². The van der Waals surface area contributed by atoms with Gasteiger partial charge in [0, 0.05) is 11.3 Å². The second-order valence-corrected chi connectivity index (χ2v) is 6.74. The van der Waals surface area contributed by atoms with Gasteiger partial charge in [0.15, 0.2) is 0 Å². The van der Waals surface area contributed by atoms with E-state index < -0.39 is 0 Å². The molecule has 1 N–H and O–H groups in total. The van der Waals surface area contributed by atoms with Crippen LogP contribution in [0, 0.1) is 6.92 Å². The molecule has 1 amide bonds. The molecule has 0 atom stereocenters. The van der Waals surface area contributed by atoms with Crippen LogP contribution in [0.5, 0.6) is 11.5 Å². The van der Waals surface area contributed by atoms with Crippen molar-refractivity contribution in [3.63, 3.8) is 0 Å². The van der Waals surface area contributed by atoms with E-state index in [0.717, 1.165) is 22.7 Å². The molecule has 134 valence electrons. The zero-order valence-corrected chi connectivity index (χ0v) is 15.6. The van der Waals surface area contributed by atoms with Crippen molar-refractivity contribution in [2.45, 2.75) is 20.5 Å². The largest absolute Gasteiger partial charge is 0.494 e. The summed E-state index contributed by atoms with van der Waals surface area (Å²) in [5.41, 5.74) is 2.91. The average Bonchev–Trinajstić information content (AvgIpc) is 3.12. The van der Waals surface area contributed by atoms with Crippen LogP contribution in [0.3, 0.4) is 0 Å². The first-order chi connectivity index (χ1) is 12.6. The van der Waals surface area contributed by atoms with Crippen LogP contribution in [0.4, 0.5) is 5.69 Å². The molecule has 0 aliphatic heterocycles. The molecule has 0 unspecified atom stereocenters. The monoisotopic (exact) mass is 367 g/mol. The summed E-state index contributed by atoms with van der Waals surface area (Å²) in [4.78, 5) is 13.0. The van der Waals surface area contributed by atoms with E-state index in [-0.39, 0.29) is 5.91 Å². The number of carbonyl (C=O) groups excluding carboxylic acids is 1. The summed E-state index contributed by atoms with van der Waals surface area (Å²) in [6, 6.07) is 17.1. The highest BCUT2D eigenvalue weighted by Crippen LogP contribution is 2.21. The SMILES string of the molecule is CCOc1ccc(NC(=O)c2cc(COc3ccc(C)cc3)cs2)cc1. The van der Waals surface area contributed by atoms with Crippen LogP contribution in [0.2, 0.25) is 0 Å². The maximum absolute atomic E-state index is 12.4. The minimum absolute atomic E-state index is 0.124. The number of anilines is 1. The van der Waals surface area contributed by atoms with Gasteiger partial charge in [0.05, 0.1) is 11.5 Å². The first-order valence-corrected chi connectivity index (χ1v) is 9.33. The number of hydrogen-bond donors (Lipinski definition) is 1. The number of amides is 1. The number of ether oxygens (including phenoxy) is 2. The van der Waals surface area contributed by atoms with Crippen molar-refractivity contribution in [3.05, 3.63) is 76.0 Å². The van der Waals surface area contributed by atoms with Crippen LogP contribution >= 0.6 is 11.3 Å². The molecule has 2 aromatic carbocycles. The smallest absolute Gasteiger partial charge is 0.265 e. The highest BCUT2D eigenvalue weighted by molar-refractivity contribution is 7.12. The normalized spacial score (nSPS) is 10.4. The summed E-state index contributed by atoms with van der Waals surface area (Å²) in [6.07, 6.45) is 0. The van der Waals surface area contributed by atoms with Crippen molar-refractivity contribution in [2.75, 3.05) is 11.9 Å². The third kappa shape index (κ3) is 4.86. The van der Waals surface area contributed by atoms with Gasteiger partial charge in [0.25, 0.3) is 5.91 Å². The fraction of sp³-hybridized carbons (Fsp3) is 0.190. The Morgan fingerprint density at radius 3 is 2.35 bits per heavy atom. The van der Waals surface area contributed by atoms with E-state index in [4.69, 9.17) is 9.47 Å². The number of thiophene rings is 1. The standard InChI is InChI=1S/C21H21NO3S/c1-3-24-18-10-6-17(7-11-18)22-21(23)20-12-16(14-26-20)13-25-19-8-4-15(2)5-9-19/h4-12,14H,3,13H2,1-2H3,(H,22,23). The molecule has 0 fully saturated rings. The lowest BCUT2D eigenvalue weighted by atomic mass is 10.2. The third-order valence-electron chi connectivity index (χ3n) is 3.73. The molecule has 0 spiro atoms. The predicted octanol–water partition coefficient (Wildman–Crippen LogP) is 5.29. The van der Waals surface area contributed by atoms with Crippen molar-refractivity contribution < 1.29 is 14.3 Å². The Morgan fingerprint density at radius 1 is 1.00 bits per heavy atom. The molecule has 0 radical (unpaired) electrons. The number of carbonyl (C=O) groups is 1. The summed E-state index contributed by atoms with van der Waals surface area (Å²) < 4.78 is 11.2. The molecule has 26 heavy (non-hydrogen) atoms. The quantitative estimate of drug-likeness (QED) is 0.617. The van der Waals surface area contributed by atoms with Gasteiger partial charge in [-0.2, -0.15) is 0 Å². The van der Waals surface area contributed by atoms with E-state index in [1.807, 2.05) is 73.8 Å². The third-order valence-corrected chi connectivity index (χ3v) is 4.71. The first kappa shape index (κ1) is 18.0. The van der Waals surface area contributed by atoms with Crippen LogP contribution < -0.4 is 14.8 Å². The van der Waals surface area contributed by atoms with E-state index in [0.29, 0.717) is 18.1 Å².